The number of imidazole rings is 1. The molecule has 0 aliphatic rings. The van der Waals surface area contributed by atoms with Gasteiger partial charge in [-0.3, -0.25) is 0 Å². The van der Waals surface area contributed by atoms with Crippen molar-refractivity contribution in [2.45, 2.75) is 0 Å². The Bertz CT molecular complexity index is 891. The molecular formula is C18H15Cl2N3. The summed E-state index contributed by atoms with van der Waals surface area (Å²) < 4.78 is 1.99. The maximum atomic E-state index is 4.74. The number of nitrogens with zero attached hydrogens (tertiary/aromatic N) is 3. The number of hydrogen-bond acceptors (Lipinski definition) is 2. The smallest absolute Gasteiger partial charge is 0.0991 e. The Morgan fingerprint density at radius 3 is 2.39 bits per heavy atom. The number of aromatic nitrogens is 3. The summed E-state index contributed by atoms with van der Waals surface area (Å²) in [5, 5.41) is 1.13. The zero-order chi connectivity index (χ0) is 14.1. The number of benzene rings is 2. The average molecular weight is 344 g/mol. The van der Waals surface area contributed by atoms with Crippen LogP contribution in [-0.2, 0) is 0 Å². The van der Waals surface area contributed by atoms with Crippen LogP contribution in [0.5, 0.6) is 0 Å². The van der Waals surface area contributed by atoms with E-state index in [1.165, 1.54) is 0 Å². The summed E-state index contributed by atoms with van der Waals surface area (Å²) in [6.45, 7) is 0. The third-order valence-corrected chi connectivity index (χ3v) is 3.54. The fraction of sp³-hybridized carbons (Fsp3) is 0. The molecule has 3 nitrogen and oxygen atoms in total. The highest BCUT2D eigenvalue weighted by atomic mass is 35.5. The number of fused-ring (bicyclic) bond motifs is 1. The summed E-state index contributed by atoms with van der Waals surface area (Å²) in [6.07, 6.45) is 5.51. The third kappa shape index (κ3) is 3.36. The first-order valence-corrected chi connectivity index (χ1v) is 6.85. The first-order valence-electron chi connectivity index (χ1n) is 6.85. The minimum absolute atomic E-state index is 0. The van der Waals surface area contributed by atoms with Crippen molar-refractivity contribution < 1.29 is 0 Å². The van der Waals surface area contributed by atoms with Crippen LogP contribution in [0.3, 0.4) is 0 Å². The van der Waals surface area contributed by atoms with E-state index in [4.69, 9.17) is 4.98 Å². The van der Waals surface area contributed by atoms with E-state index in [2.05, 4.69) is 47.4 Å². The van der Waals surface area contributed by atoms with Gasteiger partial charge in [0.2, 0.25) is 0 Å². The Kier molecular flexibility index (Phi) is 5.37. The Morgan fingerprint density at radius 1 is 0.826 bits per heavy atom. The summed E-state index contributed by atoms with van der Waals surface area (Å²) >= 11 is 0. The summed E-state index contributed by atoms with van der Waals surface area (Å²) in [5.74, 6) is 0. The number of hydrogen-bond donors (Lipinski definition) is 0. The van der Waals surface area contributed by atoms with Crippen LogP contribution in [0, 0.1) is 0 Å². The van der Waals surface area contributed by atoms with E-state index < -0.39 is 0 Å². The van der Waals surface area contributed by atoms with Crippen LogP contribution in [0.1, 0.15) is 0 Å². The molecule has 2 aromatic heterocycles. The molecule has 0 amide bonds. The van der Waals surface area contributed by atoms with Crippen molar-refractivity contribution in [2.24, 2.45) is 0 Å². The number of rotatable bonds is 2. The van der Waals surface area contributed by atoms with Gasteiger partial charge in [-0.15, -0.1) is 24.8 Å². The standard InChI is InChI=1S/C18H13N3.2ClH/c1-2-4-14(5-3-1)17-8-6-15-12-16(7-9-18(15)20-17)21-11-10-19-13-21;;/h1-13H;2*1H. The van der Waals surface area contributed by atoms with Crippen LogP contribution in [0.15, 0.2) is 79.4 Å². The fourth-order valence-electron chi connectivity index (χ4n) is 2.46. The Morgan fingerprint density at radius 2 is 1.65 bits per heavy atom. The molecule has 5 heteroatoms. The molecule has 23 heavy (non-hydrogen) atoms. The molecule has 2 heterocycles. The minimum Gasteiger partial charge on any atom is -0.306 e. The van der Waals surface area contributed by atoms with Crippen LogP contribution in [-0.4, -0.2) is 14.5 Å². The SMILES string of the molecule is Cl.Cl.c1ccc(-c2ccc3cc(-n4ccnc4)ccc3n2)cc1. The normalized spacial score (nSPS) is 9.91. The summed E-state index contributed by atoms with van der Waals surface area (Å²) in [4.78, 5) is 8.82. The minimum atomic E-state index is 0. The van der Waals surface area contributed by atoms with Crippen molar-refractivity contribution >= 4 is 35.7 Å². The Balaban J connectivity index is 0.000000960. The molecule has 0 radical (unpaired) electrons. The second-order valence-corrected chi connectivity index (χ2v) is 4.91. The maximum Gasteiger partial charge on any atom is 0.0991 e. The molecule has 116 valence electrons. The molecule has 0 saturated heterocycles. The zero-order valence-corrected chi connectivity index (χ0v) is 13.8. The van der Waals surface area contributed by atoms with Gasteiger partial charge < -0.3 is 4.57 Å². The van der Waals surface area contributed by atoms with E-state index in [1.54, 1.807) is 12.5 Å². The molecule has 4 rings (SSSR count). The highest BCUT2D eigenvalue weighted by Crippen LogP contribution is 2.22. The van der Waals surface area contributed by atoms with Gasteiger partial charge in [0.15, 0.2) is 0 Å². The lowest BCUT2D eigenvalue weighted by molar-refractivity contribution is 1.06. The highest BCUT2D eigenvalue weighted by Gasteiger charge is 2.03. The first kappa shape index (κ1) is 17.0. The van der Waals surface area contributed by atoms with Gasteiger partial charge in [-0.2, -0.15) is 0 Å². The molecule has 0 N–H and O–H groups in total. The van der Waals surface area contributed by atoms with E-state index in [0.29, 0.717) is 0 Å². The lowest BCUT2D eigenvalue weighted by atomic mass is 10.1. The van der Waals surface area contributed by atoms with Gasteiger partial charge in [-0.25, -0.2) is 9.97 Å². The van der Waals surface area contributed by atoms with E-state index in [0.717, 1.165) is 27.8 Å². The average Bonchev–Trinajstić information content (AvgIpc) is 3.09. The molecule has 0 aliphatic carbocycles. The van der Waals surface area contributed by atoms with Crippen LogP contribution in [0.4, 0.5) is 0 Å². The van der Waals surface area contributed by atoms with Gasteiger partial charge in [0.1, 0.15) is 0 Å². The molecular weight excluding hydrogens is 329 g/mol. The molecule has 4 aromatic rings. The van der Waals surface area contributed by atoms with Crippen molar-refractivity contribution in [2.75, 3.05) is 0 Å². The van der Waals surface area contributed by atoms with Crippen LogP contribution in [0.2, 0.25) is 0 Å². The molecule has 0 atom stereocenters. The van der Waals surface area contributed by atoms with Crippen LogP contribution < -0.4 is 0 Å². The van der Waals surface area contributed by atoms with E-state index >= 15 is 0 Å². The molecule has 2 aromatic carbocycles. The summed E-state index contributed by atoms with van der Waals surface area (Å²) in [5.41, 5.74) is 4.23. The van der Waals surface area contributed by atoms with Gasteiger partial charge in [0.25, 0.3) is 0 Å². The second kappa shape index (κ2) is 7.27. The van der Waals surface area contributed by atoms with E-state index in [9.17, 15) is 0 Å². The van der Waals surface area contributed by atoms with Crippen LogP contribution >= 0.6 is 24.8 Å². The van der Waals surface area contributed by atoms with Gasteiger partial charge in [-0.1, -0.05) is 36.4 Å². The highest BCUT2D eigenvalue weighted by molar-refractivity contribution is 5.85. The quantitative estimate of drug-likeness (QED) is 0.516. The molecule has 0 unspecified atom stereocenters. The second-order valence-electron chi connectivity index (χ2n) is 4.91. The monoisotopic (exact) mass is 343 g/mol. The van der Waals surface area contributed by atoms with Crippen molar-refractivity contribution in [1.82, 2.24) is 14.5 Å². The van der Waals surface area contributed by atoms with Gasteiger partial charge >= 0.3 is 0 Å². The maximum absolute atomic E-state index is 4.74. The van der Waals surface area contributed by atoms with Gasteiger partial charge in [0.05, 0.1) is 17.5 Å². The predicted octanol–water partition coefficient (Wildman–Crippen LogP) is 4.93. The van der Waals surface area contributed by atoms with Crippen molar-refractivity contribution in [3.63, 3.8) is 0 Å². The first-order chi connectivity index (χ1) is 10.4. The predicted molar refractivity (Wildman–Crippen MR) is 98.8 cm³/mol. The Hall–Kier alpha value is -2.36. The zero-order valence-electron chi connectivity index (χ0n) is 12.2. The number of pyridine rings is 1. The topological polar surface area (TPSA) is 30.7 Å². The fourth-order valence-corrected chi connectivity index (χ4v) is 2.46. The van der Waals surface area contributed by atoms with E-state index in [-0.39, 0.29) is 24.8 Å². The molecule has 0 fully saturated rings. The largest absolute Gasteiger partial charge is 0.306 e. The van der Waals surface area contributed by atoms with Crippen molar-refractivity contribution in [3.8, 4) is 16.9 Å². The third-order valence-electron chi connectivity index (χ3n) is 3.54. The summed E-state index contributed by atoms with van der Waals surface area (Å²) in [7, 11) is 0. The van der Waals surface area contributed by atoms with Crippen molar-refractivity contribution in [3.05, 3.63) is 79.4 Å². The molecule has 0 spiro atoms. The van der Waals surface area contributed by atoms with Gasteiger partial charge in [0, 0.05) is 29.0 Å². The van der Waals surface area contributed by atoms with Gasteiger partial charge in [-0.05, 0) is 24.3 Å². The number of halogens is 2. The molecule has 0 bridgehead atoms. The Labute approximate surface area is 146 Å². The summed E-state index contributed by atoms with van der Waals surface area (Å²) in [6, 6.07) is 20.7. The molecule has 0 saturated carbocycles. The molecule has 0 aliphatic heterocycles. The lowest BCUT2D eigenvalue weighted by Gasteiger charge is -2.06. The van der Waals surface area contributed by atoms with Crippen LogP contribution in [0.25, 0.3) is 27.8 Å². The van der Waals surface area contributed by atoms with E-state index in [1.807, 2.05) is 29.0 Å². The van der Waals surface area contributed by atoms with Crippen molar-refractivity contribution in [1.29, 1.82) is 0 Å². The lowest BCUT2D eigenvalue weighted by Crippen LogP contribution is -1.91.